The largest absolute Gasteiger partial charge is 0.456 e. The number of aromatic amines is 1. The van der Waals surface area contributed by atoms with Crippen molar-refractivity contribution in [2.24, 2.45) is 0 Å². The van der Waals surface area contributed by atoms with Crippen LogP contribution in [0.5, 0.6) is 0 Å². The highest BCUT2D eigenvalue weighted by atomic mass is 16.6. The number of ether oxygens (including phenoxy) is 1. The number of H-pyrrole nitrogens is 1. The Morgan fingerprint density at radius 2 is 2.10 bits per heavy atom. The fourth-order valence-electron chi connectivity index (χ4n) is 1.84. The quantitative estimate of drug-likeness (QED) is 0.596. The van der Waals surface area contributed by atoms with Gasteiger partial charge in [-0.2, -0.15) is 0 Å². The molecule has 1 aromatic carbocycles. The van der Waals surface area contributed by atoms with Crippen molar-refractivity contribution in [3.8, 4) is 0 Å². The molecule has 5 heteroatoms. The van der Waals surface area contributed by atoms with Crippen LogP contribution in [-0.2, 0) is 11.3 Å². The second-order valence-electron chi connectivity index (χ2n) is 5.85. The third kappa shape index (κ3) is 4.27. The summed E-state index contributed by atoms with van der Waals surface area (Å²) in [5.74, 6) is -0.356. The molecule has 112 valence electrons. The van der Waals surface area contributed by atoms with Crippen LogP contribution in [0.2, 0.25) is 0 Å². The number of nitrogen functional groups attached to an aromatic ring is 1. The summed E-state index contributed by atoms with van der Waals surface area (Å²) >= 11 is 0. The highest BCUT2D eigenvalue weighted by Gasteiger charge is 2.18. The molecular formula is C16H21N3O2. The first-order chi connectivity index (χ1) is 9.85. The Morgan fingerprint density at radius 3 is 2.71 bits per heavy atom. The molecule has 1 aromatic heterocycles. The highest BCUT2D eigenvalue weighted by molar-refractivity contribution is 5.92. The van der Waals surface area contributed by atoms with Gasteiger partial charge in [0, 0.05) is 11.9 Å². The first-order valence-electron chi connectivity index (χ1n) is 6.84. The summed E-state index contributed by atoms with van der Waals surface area (Å²) in [6.45, 7) is 6.13. The van der Waals surface area contributed by atoms with E-state index in [0.29, 0.717) is 23.5 Å². The van der Waals surface area contributed by atoms with E-state index in [9.17, 15) is 4.79 Å². The van der Waals surface area contributed by atoms with E-state index in [-0.39, 0.29) is 5.97 Å². The van der Waals surface area contributed by atoms with Crippen LogP contribution in [0.1, 0.15) is 36.8 Å². The first-order valence-corrected chi connectivity index (χ1v) is 6.84. The molecule has 0 saturated heterocycles. The molecule has 0 atom stereocenters. The summed E-state index contributed by atoms with van der Waals surface area (Å²) in [6.07, 6.45) is 1.86. The van der Waals surface area contributed by atoms with E-state index >= 15 is 0 Å². The average molecular weight is 287 g/mol. The molecule has 0 fully saturated rings. The number of benzene rings is 1. The summed E-state index contributed by atoms with van der Waals surface area (Å²) in [5, 5.41) is 3.21. The molecule has 2 rings (SSSR count). The zero-order valence-electron chi connectivity index (χ0n) is 12.6. The number of hydrogen-bond donors (Lipinski definition) is 3. The second-order valence-corrected chi connectivity index (χ2v) is 5.85. The number of hydrogen-bond acceptors (Lipinski definition) is 4. The van der Waals surface area contributed by atoms with Crippen LogP contribution in [0, 0.1) is 0 Å². The van der Waals surface area contributed by atoms with Crippen molar-refractivity contribution < 1.29 is 9.53 Å². The van der Waals surface area contributed by atoms with Gasteiger partial charge in [0.15, 0.2) is 0 Å². The number of esters is 1. The molecule has 5 nitrogen and oxygen atoms in total. The standard InChI is InChI=1S/C16H21N3O2/c1-16(2,3)21-15(20)11-6-7-13(17)14(9-11)19-10-12-5-4-8-18-12/h4-9,18-19H,10,17H2,1-3H3. The molecule has 0 spiro atoms. The zero-order chi connectivity index (χ0) is 15.5. The van der Waals surface area contributed by atoms with Gasteiger partial charge in [0.2, 0.25) is 0 Å². The van der Waals surface area contributed by atoms with Gasteiger partial charge in [0.25, 0.3) is 0 Å². The number of carbonyl (C=O) groups excluding carboxylic acids is 1. The lowest BCUT2D eigenvalue weighted by Gasteiger charge is -2.20. The summed E-state index contributed by atoms with van der Waals surface area (Å²) < 4.78 is 5.36. The number of carbonyl (C=O) groups is 1. The predicted molar refractivity (Wildman–Crippen MR) is 84.1 cm³/mol. The molecule has 2 aromatic rings. The highest BCUT2D eigenvalue weighted by Crippen LogP contribution is 2.22. The van der Waals surface area contributed by atoms with E-state index < -0.39 is 5.60 Å². The van der Waals surface area contributed by atoms with E-state index in [1.165, 1.54) is 0 Å². The number of aromatic nitrogens is 1. The van der Waals surface area contributed by atoms with Crippen molar-refractivity contribution in [1.82, 2.24) is 4.98 Å². The van der Waals surface area contributed by atoms with Crippen molar-refractivity contribution in [3.63, 3.8) is 0 Å². The SMILES string of the molecule is CC(C)(C)OC(=O)c1ccc(N)c(NCc2ccc[nH]2)c1. The Kier molecular flexibility index (Phi) is 4.21. The second kappa shape index (κ2) is 5.91. The van der Waals surface area contributed by atoms with Crippen LogP contribution in [-0.4, -0.2) is 16.6 Å². The lowest BCUT2D eigenvalue weighted by atomic mass is 10.1. The average Bonchev–Trinajstić information content (AvgIpc) is 2.88. The van der Waals surface area contributed by atoms with E-state index in [2.05, 4.69) is 10.3 Å². The molecule has 0 radical (unpaired) electrons. The van der Waals surface area contributed by atoms with Crippen molar-refractivity contribution in [1.29, 1.82) is 0 Å². The number of nitrogens with two attached hydrogens (primary N) is 1. The number of nitrogens with one attached hydrogen (secondary N) is 2. The van der Waals surface area contributed by atoms with Crippen LogP contribution < -0.4 is 11.1 Å². The first kappa shape index (κ1) is 15.0. The van der Waals surface area contributed by atoms with E-state index in [1.807, 2.05) is 39.1 Å². The molecule has 0 unspecified atom stereocenters. The van der Waals surface area contributed by atoms with E-state index in [0.717, 1.165) is 5.69 Å². The topological polar surface area (TPSA) is 80.1 Å². The van der Waals surface area contributed by atoms with Gasteiger partial charge in [0.1, 0.15) is 5.60 Å². The number of rotatable bonds is 4. The predicted octanol–water partition coefficient (Wildman–Crippen LogP) is 3.16. The van der Waals surface area contributed by atoms with Gasteiger partial charge in [-0.15, -0.1) is 0 Å². The number of anilines is 2. The van der Waals surface area contributed by atoms with Gasteiger partial charge in [-0.05, 0) is 51.1 Å². The summed E-state index contributed by atoms with van der Waals surface area (Å²) in [6, 6.07) is 8.99. The molecule has 0 saturated carbocycles. The fourth-order valence-corrected chi connectivity index (χ4v) is 1.84. The molecule has 0 aliphatic rings. The molecule has 0 amide bonds. The minimum Gasteiger partial charge on any atom is -0.456 e. The lowest BCUT2D eigenvalue weighted by Crippen LogP contribution is -2.24. The van der Waals surface area contributed by atoms with Gasteiger partial charge < -0.3 is 20.8 Å². The fraction of sp³-hybridized carbons (Fsp3) is 0.312. The Morgan fingerprint density at radius 1 is 1.33 bits per heavy atom. The monoisotopic (exact) mass is 287 g/mol. The molecular weight excluding hydrogens is 266 g/mol. The van der Waals surface area contributed by atoms with Gasteiger partial charge in [-0.25, -0.2) is 4.79 Å². The van der Waals surface area contributed by atoms with Crippen LogP contribution in [0.4, 0.5) is 11.4 Å². The van der Waals surface area contributed by atoms with Gasteiger partial charge in [0.05, 0.1) is 23.5 Å². The Labute approximate surface area is 124 Å². The van der Waals surface area contributed by atoms with Crippen molar-refractivity contribution in [3.05, 3.63) is 47.8 Å². The minimum absolute atomic E-state index is 0.356. The normalized spacial score (nSPS) is 11.2. The molecule has 0 bridgehead atoms. The Hall–Kier alpha value is -2.43. The van der Waals surface area contributed by atoms with Crippen molar-refractivity contribution in [2.45, 2.75) is 32.9 Å². The van der Waals surface area contributed by atoms with Crippen molar-refractivity contribution in [2.75, 3.05) is 11.1 Å². The van der Waals surface area contributed by atoms with Crippen LogP contribution in [0.25, 0.3) is 0 Å². The Balaban J connectivity index is 2.11. The summed E-state index contributed by atoms with van der Waals surface area (Å²) in [5.41, 5.74) is 8.24. The van der Waals surface area contributed by atoms with Gasteiger partial charge in [-0.1, -0.05) is 0 Å². The van der Waals surface area contributed by atoms with Crippen LogP contribution >= 0.6 is 0 Å². The van der Waals surface area contributed by atoms with Crippen LogP contribution in [0.3, 0.4) is 0 Å². The third-order valence-corrected chi connectivity index (χ3v) is 2.82. The molecule has 0 aliphatic heterocycles. The van der Waals surface area contributed by atoms with E-state index in [1.54, 1.807) is 18.2 Å². The Bertz CT molecular complexity index is 613. The lowest BCUT2D eigenvalue weighted by molar-refractivity contribution is 0.00696. The maximum absolute atomic E-state index is 12.1. The molecule has 1 heterocycles. The zero-order valence-corrected chi connectivity index (χ0v) is 12.6. The third-order valence-electron chi connectivity index (χ3n) is 2.82. The molecule has 4 N–H and O–H groups in total. The van der Waals surface area contributed by atoms with Gasteiger partial charge >= 0.3 is 5.97 Å². The maximum Gasteiger partial charge on any atom is 0.338 e. The molecule has 0 aliphatic carbocycles. The van der Waals surface area contributed by atoms with E-state index in [4.69, 9.17) is 10.5 Å². The maximum atomic E-state index is 12.1. The van der Waals surface area contributed by atoms with Crippen LogP contribution in [0.15, 0.2) is 36.5 Å². The van der Waals surface area contributed by atoms with Gasteiger partial charge in [-0.3, -0.25) is 0 Å². The smallest absolute Gasteiger partial charge is 0.338 e. The summed E-state index contributed by atoms with van der Waals surface area (Å²) in [4.78, 5) is 15.2. The summed E-state index contributed by atoms with van der Waals surface area (Å²) in [7, 11) is 0. The minimum atomic E-state index is -0.518. The molecule has 21 heavy (non-hydrogen) atoms. The van der Waals surface area contributed by atoms with Crippen molar-refractivity contribution >= 4 is 17.3 Å².